The smallest absolute Gasteiger partial charge is 0.244 e. The largest absolute Gasteiger partial charge is 0.497 e. The van der Waals surface area contributed by atoms with Crippen molar-refractivity contribution in [3.05, 3.63) is 59.1 Å². The van der Waals surface area contributed by atoms with E-state index in [2.05, 4.69) is 5.32 Å². The van der Waals surface area contributed by atoms with Gasteiger partial charge in [-0.25, -0.2) is 8.42 Å². The number of sulfonamides is 1. The molecular formula is C26H34ClN3O5S. The van der Waals surface area contributed by atoms with Crippen LogP contribution in [0.15, 0.2) is 48.5 Å². The minimum atomic E-state index is -3.79. The summed E-state index contributed by atoms with van der Waals surface area (Å²) in [6.07, 6.45) is 6.17. The van der Waals surface area contributed by atoms with Gasteiger partial charge < -0.3 is 15.0 Å². The zero-order valence-corrected chi connectivity index (χ0v) is 22.5. The molecular weight excluding hydrogens is 502 g/mol. The summed E-state index contributed by atoms with van der Waals surface area (Å²) >= 11 is 5.96. The first-order valence-corrected chi connectivity index (χ1v) is 14.3. The molecule has 0 bridgehead atoms. The van der Waals surface area contributed by atoms with E-state index >= 15 is 0 Å². The molecule has 1 saturated carbocycles. The maximum absolute atomic E-state index is 13.6. The van der Waals surface area contributed by atoms with Crippen LogP contribution in [0.3, 0.4) is 0 Å². The lowest BCUT2D eigenvalue weighted by atomic mass is 9.95. The van der Waals surface area contributed by atoms with Gasteiger partial charge in [-0.2, -0.15) is 0 Å². The van der Waals surface area contributed by atoms with Crippen molar-refractivity contribution in [2.45, 2.75) is 57.7 Å². The second-order valence-corrected chi connectivity index (χ2v) is 11.5. The van der Waals surface area contributed by atoms with E-state index < -0.39 is 28.5 Å². The standard InChI is InChI=1S/C26H34ClN3O5S/c1-19(26(32)28-22-9-5-4-6-10-22)29(17-20-8-7-11-24(16-20)35-2)25(31)18-30(36(3,33)34)23-14-12-21(27)13-15-23/h7-8,11-16,19,22H,4-6,9-10,17-18H2,1-3H3,(H,28,32)/t19-/m0/s1. The van der Waals surface area contributed by atoms with E-state index in [4.69, 9.17) is 16.3 Å². The monoisotopic (exact) mass is 535 g/mol. The topological polar surface area (TPSA) is 96.0 Å². The second kappa shape index (κ2) is 12.5. The Morgan fingerprint density at radius 2 is 1.78 bits per heavy atom. The van der Waals surface area contributed by atoms with Crippen molar-refractivity contribution in [1.29, 1.82) is 0 Å². The summed E-state index contributed by atoms with van der Waals surface area (Å²) in [6, 6.07) is 12.7. The van der Waals surface area contributed by atoms with E-state index in [-0.39, 0.29) is 18.5 Å². The van der Waals surface area contributed by atoms with Crippen LogP contribution in [0.5, 0.6) is 5.75 Å². The quantitative estimate of drug-likeness (QED) is 0.496. The molecule has 1 atom stereocenters. The molecule has 0 saturated heterocycles. The third kappa shape index (κ3) is 7.61. The Kier molecular flexibility index (Phi) is 9.62. The summed E-state index contributed by atoms with van der Waals surface area (Å²) in [4.78, 5) is 28.2. The van der Waals surface area contributed by atoms with Gasteiger partial charge >= 0.3 is 0 Å². The molecule has 10 heteroatoms. The van der Waals surface area contributed by atoms with Crippen LogP contribution in [0.1, 0.15) is 44.6 Å². The molecule has 0 aromatic heterocycles. The fourth-order valence-electron chi connectivity index (χ4n) is 4.34. The first-order valence-electron chi connectivity index (χ1n) is 12.0. The van der Waals surface area contributed by atoms with E-state index in [1.807, 2.05) is 6.07 Å². The number of rotatable bonds is 10. The average molecular weight is 536 g/mol. The molecule has 2 amide bonds. The zero-order valence-electron chi connectivity index (χ0n) is 20.9. The first-order chi connectivity index (χ1) is 17.1. The van der Waals surface area contributed by atoms with Gasteiger partial charge in [0.2, 0.25) is 21.8 Å². The molecule has 1 aliphatic carbocycles. The third-order valence-corrected chi connectivity index (χ3v) is 7.79. The third-order valence-electron chi connectivity index (χ3n) is 6.40. The molecule has 1 fully saturated rings. The molecule has 0 unspecified atom stereocenters. The van der Waals surface area contributed by atoms with Crippen LogP contribution in [0.2, 0.25) is 5.02 Å². The summed E-state index contributed by atoms with van der Waals surface area (Å²) in [5.74, 6) is -0.127. The van der Waals surface area contributed by atoms with Crippen molar-refractivity contribution in [2.24, 2.45) is 0 Å². The van der Waals surface area contributed by atoms with Gasteiger partial charge in [-0.3, -0.25) is 13.9 Å². The SMILES string of the molecule is COc1cccc(CN(C(=O)CN(c2ccc(Cl)cc2)S(C)(=O)=O)[C@@H](C)C(=O)NC2CCCCC2)c1. The van der Waals surface area contributed by atoms with Gasteiger partial charge in [0.1, 0.15) is 18.3 Å². The molecule has 1 aliphatic rings. The van der Waals surface area contributed by atoms with E-state index in [9.17, 15) is 18.0 Å². The lowest BCUT2D eigenvalue weighted by Gasteiger charge is -2.33. The maximum atomic E-state index is 13.6. The van der Waals surface area contributed by atoms with Gasteiger partial charge in [-0.1, -0.05) is 43.0 Å². The average Bonchev–Trinajstić information content (AvgIpc) is 2.86. The molecule has 8 nitrogen and oxygen atoms in total. The molecule has 1 N–H and O–H groups in total. The normalized spacial score (nSPS) is 15.1. The summed E-state index contributed by atoms with van der Waals surface area (Å²) < 4.78 is 31.5. The minimum absolute atomic E-state index is 0.0871. The molecule has 0 spiro atoms. The number of benzene rings is 2. The minimum Gasteiger partial charge on any atom is -0.497 e. The number of ether oxygens (including phenoxy) is 1. The number of hydrogen-bond donors (Lipinski definition) is 1. The highest BCUT2D eigenvalue weighted by Crippen LogP contribution is 2.23. The van der Waals surface area contributed by atoms with Crippen LogP contribution in [-0.2, 0) is 26.2 Å². The Bertz CT molecular complexity index is 1150. The number of nitrogens with one attached hydrogen (secondary N) is 1. The highest BCUT2D eigenvalue weighted by atomic mass is 35.5. The van der Waals surface area contributed by atoms with Gasteiger partial charge in [-0.05, 0) is 61.7 Å². The number of halogens is 1. The van der Waals surface area contributed by atoms with Crippen LogP contribution in [-0.4, -0.2) is 57.1 Å². The fourth-order valence-corrected chi connectivity index (χ4v) is 5.32. The summed E-state index contributed by atoms with van der Waals surface area (Å²) in [7, 11) is -2.24. The maximum Gasteiger partial charge on any atom is 0.244 e. The van der Waals surface area contributed by atoms with Crippen molar-refractivity contribution in [3.63, 3.8) is 0 Å². The van der Waals surface area contributed by atoms with Gasteiger partial charge in [0.05, 0.1) is 19.1 Å². The second-order valence-electron chi connectivity index (χ2n) is 9.14. The summed E-state index contributed by atoms with van der Waals surface area (Å²) in [5.41, 5.74) is 1.08. The number of anilines is 1. The number of amides is 2. The predicted octanol–water partition coefficient (Wildman–Crippen LogP) is 3.98. The predicted molar refractivity (Wildman–Crippen MR) is 142 cm³/mol. The van der Waals surface area contributed by atoms with E-state index in [0.29, 0.717) is 16.5 Å². The van der Waals surface area contributed by atoms with E-state index in [1.165, 1.54) is 4.90 Å². The van der Waals surface area contributed by atoms with Gasteiger partial charge in [0, 0.05) is 17.6 Å². The number of carbonyl (C=O) groups excluding carboxylic acids is 2. The van der Waals surface area contributed by atoms with Gasteiger partial charge in [-0.15, -0.1) is 0 Å². The zero-order chi connectivity index (χ0) is 26.3. The molecule has 196 valence electrons. The highest BCUT2D eigenvalue weighted by molar-refractivity contribution is 7.92. The van der Waals surface area contributed by atoms with Crippen LogP contribution < -0.4 is 14.4 Å². The van der Waals surface area contributed by atoms with Crippen molar-refractivity contribution in [3.8, 4) is 5.75 Å². The number of carbonyl (C=O) groups is 2. The Morgan fingerprint density at radius 3 is 2.39 bits per heavy atom. The first kappa shape index (κ1) is 27.8. The molecule has 0 heterocycles. The Hall–Kier alpha value is -2.78. The molecule has 3 rings (SSSR count). The van der Waals surface area contributed by atoms with Crippen LogP contribution in [0.25, 0.3) is 0 Å². The fraction of sp³-hybridized carbons (Fsp3) is 0.462. The molecule has 0 aliphatic heterocycles. The van der Waals surface area contributed by atoms with E-state index in [0.717, 1.165) is 48.2 Å². The lowest BCUT2D eigenvalue weighted by Crippen LogP contribution is -2.52. The van der Waals surface area contributed by atoms with Crippen LogP contribution in [0, 0.1) is 0 Å². The number of hydrogen-bond acceptors (Lipinski definition) is 5. The molecule has 36 heavy (non-hydrogen) atoms. The van der Waals surface area contributed by atoms with Gasteiger partial charge in [0.15, 0.2) is 0 Å². The Labute approximate surface area is 218 Å². The number of methoxy groups -OCH3 is 1. The summed E-state index contributed by atoms with van der Waals surface area (Å²) in [6.45, 7) is 1.34. The highest BCUT2D eigenvalue weighted by Gasteiger charge is 2.31. The Morgan fingerprint density at radius 1 is 1.11 bits per heavy atom. The van der Waals surface area contributed by atoms with Crippen molar-refractivity contribution in [1.82, 2.24) is 10.2 Å². The molecule has 2 aromatic carbocycles. The van der Waals surface area contributed by atoms with Gasteiger partial charge in [0.25, 0.3) is 0 Å². The summed E-state index contributed by atoms with van der Waals surface area (Å²) in [5, 5.41) is 3.53. The van der Waals surface area contributed by atoms with E-state index in [1.54, 1.807) is 56.5 Å². The molecule has 2 aromatic rings. The number of nitrogens with zero attached hydrogens (tertiary/aromatic N) is 2. The lowest BCUT2D eigenvalue weighted by molar-refractivity contribution is -0.139. The van der Waals surface area contributed by atoms with Crippen LogP contribution in [0.4, 0.5) is 5.69 Å². The Balaban J connectivity index is 1.87. The molecule has 0 radical (unpaired) electrons. The van der Waals surface area contributed by atoms with Crippen molar-refractivity contribution in [2.75, 3.05) is 24.2 Å². The van der Waals surface area contributed by atoms with Crippen molar-refractivity contribution < 1.29 is 22.7 Å². The van der Waals surface area contributed by atoms with Crippen molar-refractivity contribution >= 4 is 39.1 Å². The van der Waals surface area contributed by atoms with Crippen LogP contribution >= 0.6 is 11.6 Å².